The van der Waals surface area contributed by atoms with Gasteiger partial charge in [-0.15, -0.1) is 0 Å². The van der Waals surface area contributed by atoms with Crippen molar-refractivity contribution in [3.63, 3.8) is 0 Å². The highest BCUT2D eigenvalue weighted by molar-refractivity contribution is 5.29. The molecule has 1 aromatic rings. The normalized spacial score (nSPS) is 12.4. The monoisotopic (exact) mass is 249 g/mol. The SMILES string of the molecule is CCCCCCC(CCC)c1cccnc1OC. The zero-order valence-corrected chi connectivity index (χ0v) is 12.1. The first-order valence-corrected chi connectivity index (χ1v) is 7.32. The summed E-state index contributed by atoms with van der Waals surface area (Å²) in [5, 5.41) is 0. The van der Waals surface area contributed by atoms with Crippen molar-refractivity contribution in [2.24, 2.45) is 0 Å². The Kier molecular flexibility index (Phi) is 7.47. The number of hydrogen-bond acceptors (Lipinski definition) is 2. The first-order valence-electron chi connectivity index (χ1n) is 7.32. The lowest BCUT2D eigenvalue weighted by Crippen LogP contribution is -2.03. The van der Waals surface area contributed by atoms with Crippen molar-refractivity contribution in [2.45, 2.75) is 64.7 Å². The van der Waals surface area contributed by atoms with E-state index in [4.69, 9.17) is 4.74 Å². The zero-order valence-electron chi connectivity index (χ0n) is 12.1. The van der Waals surface area contributed by atoms with Gasteiger partial charge in [0.1, 0.15) is 0 Å². The van der Waals surface area contributed by atoms with Crippen LogP contribution in [0.25, 0.3) is 0 Å². The Bertz CT molecular complexity index is 325. The molecule has 0 fully saturated rings. The molecule has 0 amide bonds. The van der Waals surface area contributed by atoms with Crippen LogP contribution in [0, 0.1) is 0 Å². The highest BCUT2D eigenvalue weighted by Crippen LogP contribution is 2.32. The van der Waals surface area contributed by atoms with Crippen molar-refractivity contribution in [1.82, 2.24) is 4.98 Å². The highest BCUT2D eigenvalue weighted by atomic mass is 16.5. The van der Waals surface area contributed by atoms with Crippen LogP contribution in [0.3, 0.4) is 0 Å². The Hall–Kier alpha value is -1.05. The van der Waals surface area contributed by atoms with Crippen LogP contribution in [0.15, 0.2) is 18.3 Å². The van der Waals surface area contributed by atoms with E-state index in [1.165, 1.54) is 50.5 Å². The Morgan fingerprint density at radius 2 is 1.94 bits per heavy atom. The number of hydrogen-bond donors (Lipinski definition) is 0. The molecule has 2 heteroatoms. The maximum absolute atomic E-state index is 5.39. The Labute approximate surface area is 112 Å². The summed E-state index contributed by atoms with van der Waals surface area (Å²) < 4.78 is 5.39. The molecule has 1 unspecified atom stereocenters. The Balaban J connectivity index is 2.64. The van der Waals surface area contributed by atoms with Gasteiger partial charge >= 0.3 is 0 Å². The number of aromatic nitrogens is 1. The fourth-order valence-electron chi connectivity index (χ4n) is 2.51. The zero-order chi connectivity index (χ0) is 13.2. The van der Waals surface area contributed by atoms with E-state index >= 15 is 0 Å². The summed E-state index contributed by atoms with van der Waals surface area (Å²) in [6, 6.07) is 4.19. The predicted octanol–water partition coefficient (Wildman–Crippen LogP) is 4.94. The molecule has 0 aliphatic heterocycles. The number of pyridine rings is 1. The van der Waals surface area contributed by atoms with Gasteiger partial charge in [-0.25, -0.2) is 4.98 Å². The second-order valence-corrected chi connectivity index (χ2v) is 4.94. The maximum Gasteiger partial charge on any atom is 0.216 e. The van der Waals surface area contributed by atoms with Crippen molar-refractivity contribution in [3.05, 3.63) is 23.9 Å². The second-order valence-electron chi connectivity index (χ2n) is 4.94. The summed E-state index contributed by atoms with van der Waals surface area (Å²) >= 11 is 0. The van der Waals surface area contributed by atoms with Gasteiger partial charge in [-0.2, -0.15) is 0 Å². The summed E-state index contributed by atoms with van der Waals surface area (Å²) in [6.45, 7) is 4.51. The van der Waals surface area contributed by atoms with Crippen molar-refractivity contribution >= 4 is 0 Å². The van der Waals surface area contributed by atoms with Crippen LogP contribution >= 0.6 is 0 Å². The Morgan fingerprint density at radius 3 is 2.61 bits per heavy atom. The van der Waals surface area contributed by atoms with Crippen molar-refractivity contribution in [3.8, 4) is 5.88 Å². The molecule has 0 N–H and O–H groups in total. The summed E-state index contributed by atoms with van der Waals surface area (Å²) in [5.41, 5.74) is 1.29. The van der Waals surface area contributed by atoms with Gasteiger partial charge in [0.15, 0.2) is 0 Å². The van der Waals surface area contributed by atoms with Gasteiger partial charge in [0.2, 0.25) is 5.88 Å². The molecule has 18 heavy (non-hydrogen) atoms. The van der Waals surface area contributed by atoms with E-state index in [-0.39, 0.29) is 0 Å². The molecule has 0 aliphatic carbocycles. The third-order valence-corrected chi connectivity index (χ3v) is 3.48. The molecule has 1 atom stereocenters. The van der Waals surface area contributed by atoms with Crippen molar-refractivity contribution < 1.29 is 4.74 Å². The molecule has 1 aromatic heterocycles. The van der Waals surface area contributed by atoms with E-state index in [2.05, 4.69) is 24.9 Å². The largest absolute Gasteiger partial charge is 0.481 e. The van der Waals surface area contributed by atoms with Crippen LogP contribution in [0.1, 0.15) is 70.3 Å². The maximum atomic E-state index is 5.39. The number of rotatable bonds is 9. The molecular formula is C16H27NO. The van der Waals surface area contributed by atoms with Gasteiger partial charge in [-0.3, -0.25) is 0 Å². The number of methoxy groups -OCH3 is 1. The van der Waals surface area contributed by atoms with Crippen LogP contribution in [-0.2, 0) is 0 Å². The number of unbranched alkanes of at least 4 members (excludes halogenated alkanes) is 3. The van der Waals surface area contributed by atoms with Gasteiger partial charge in [-0.1, -0.05) is 52.0 Å². The Morgan fingerprint density at radius 1 is 1.11 bits per heavy atom. The molecule has 0 bridgehead atoms. The van der Waals surface area contributed by atoms with E-state index in [1.807, 2.05) is 12.3 Å². The number of ether oxygens (including phenoxy) is 1. The molecule has 0 spiro atoms. The van der Waals surface area contributed by atoms with E-state index in [0.717, 1.165) is 5.88 Å². The molecule has 102 valence electrons. The van der Waals surface area contributed by atoms with Crippen LogP contribution in [0.5, 0.6) is 5.88 Å². The van der Waals surface area contributed by atoms with Crippen molar-refractivity contribution in [1.29, 1.82) is 0 Å². The van der Waals surface area contributed by atoms with E-state index in [1.54, 1.807) is 7.11 Å². The van der Waals surface area contributed by atoms with E-state index < -0.39 is 0 Å². The predicted molar refractivity (Wildman–Crippen MR) is 77.2 cm³/mol. The molecule has 1 rings (SSSR count). The molecule has 0 radical (unpaired) electrons. The van der Waals surface area contributed by atoms with Crippen LogP contribution in [-0.4, -0.2) is 12.1 Å². The van der Waals surface area contributed by atoms with Gasteiger partial charge in [0.05, 0.1) is 7.11 Å². The minimum Gasteiger partial charge on any atom is -0.481 e. The fourth-order valence-corrected chi connectivity index (χ4v) is 2.51. The van der Waals surface area contributed by atoms with Crippen LogP contribution in [0.2, 0.25) is 0 Å². The van der Waals surface area contributed by atoms with Crippen LogP contribution in [0.4, 0.5) is 0 Å². The van der Waals surface area contributed by atoms with Crippen molar-refractivity contribution in [2.75, 3.05) is 7.11 Å². The standard InChI is InChI=1S/C16H27NO/c1-4-6-7-8-11-14(10-5-2)15-12-9-13-17-16(15)18-3/h9,12-14H,4-8,10-11H2,1-3H3. The first kappa shape index (κ1) is 15.0. The summed E-state index contributed by atoms with van der Waals surface area (Å²) in [6.07, 6.45) is 10.8. The molecular weight excluding hydrogens is 222 g/mol. The highest BCUT2D eigenvalue weighted by Gasteiger charge is 2.15. The average Bonchev–Trinajstić information content (AvgIpc) is 2.42. The molecule has 2 nitrogen and oxygen atoms in total. The van der Waals surface area contributed by atoms with Gasteiger partial charge in [0.25, 0.3) is 0 Å². The third-order valence-electron chi connectivity index (χ3n) is 3.48. The lowest BCUT2D eigenvalue weighted by atomic mass is 9.90. The van der Waals surface area contributed by atoms with E-state index in [9.17, 15) is 0 Å². The lowest BCUT2D eigenvalue weighted by Gasteiger charge is -2.18. The summed E-state index contributed by atoms with van der Waals surface area (Å²) in [4.78, 5) is 4.32. The van der Waals surface area contributed by atoms with Gasteiger partial charge in [-0.05, 0) is 24.8 Å². The second kappa shape index (κ2) is 8.96. The first-order chi connectivity index (χ1) is 8.83. The van der Waals surface area contributed by atoms with Gasteiger partial charge < -0.3 is 4.74 Å². The summed E-state index contributed by atoms with van der Waals surface area (Å²) in [5.74, 6) is 1.42. The average molecular weight is 249 g/mol. The molecule has 0 aromatic carbocycles. The number of nitrogens with zero attached hydrogens (tertiary/aromatic N) is 1. The van der Waals surface area contributed by atoms with E-state index in [0.29, 0.717) is 5.92 Å². The minimum atomic E-state index is 0.607. The molecule has 0 saturated heterocycles. The fraction of sp³-hybridized carbons (Fsp3) is 0.688. The van der Waals surface area contributed by atoms with Gasteiger partial charge in [0, 0.05) is 11.8 Å². The topological polar surface area (TPSA) is 22.1 Å². The molecule has 0 saturated carbocycles. The third kappa shape index (κ3) is 4.67. The quantitative estimate of drug-likeness (QED) is 0.578. The van der Waals surface area contributed by atoms with Crippen LogP contribution < -0.4 is 4.74 Å². The minimum absolute atomic E-state index is 0.607. The summed E-state index contributed by atoms with van der Waals surface area (Å²) in [7, 11) is 1.71. The molecule has 1 heterocycles. The lowest BCUT2D eigenvalue weighted by molar-refractivity contribution is 0.383. The molecule has 0 aliphatic rings. The smallest absolute Gasteiger partial charge is 0.216 e.